The average Bonchev–Trinajstić information content (AvgIpc) is 2.02. The first-order valence-electron chi connectivity index (χ1n) is 3.58. The summed E-state index contributed by atoms with van der Waals surface area (Å²) in [6.45, 7) is 6.50. The van der Waals surface area contributed by atoms with Crippen molar-refractivity contribution in [2.24, 2.45) is 0 Å². The second-order valence-electron chi connectivity index (χ2n) is 2.15. The molecule has 0 bridgehead atoms. The molecule has 0 fully saturated rings. The van der Waals surface area contributed by atoms with Crippen molar-refractivity contribution in [3.05, 3.63) is 12.7 Å². The maximum atomic E-state index is 10.5. The van der Waals surface area contributed by atoms with Gasteiger partial charge in [-0.2, -0.15) is 0 Å². The van der Waals surface area contributed by atoms with Crippen molar-refractivity contribution < 1.29 is 18.7 Å². The van der Waals surface area contributed by atoms with Gasteiger partial charge in [-0.05, 0) is 13.0 Å². The van der Waals surface area contributed by atoms with E-state index in [0.29, 0.717) is 10.5 Å². The Balaban J connectivity index is 3.82. The van der Waals surface area contributed by atoms with Crippen LogP contribution in [0.3, 0.4) is 0 Å². The second-order valence-corrected chi connectivity index (χ2v) is 2.62. The van der Waals surface area contributed by atoms with Crippen LogP contribution in [-0.2, 0) is 18.7 Å². The number of hydrogen-bond donors (Lipinski definition) is 0. The van der Waals surface area contributed by atoms with Gasteiger partial charge >= 0.3 is 5.97 Å². The van der Waals surface area contributed by atoms with Gasteiger partial charge in [0.05, 0.1) is 0 Å². The number of ether oxygens (including phenoxy) is 2. The summed E-state index contributed by atoms with van der Waals surface area (Å²) in [5.41, 5.74) is 0. The van der Waals surface area contributed by atoms with Gasteiger partial charge in [0.25, 0.3) is 0 Å². The Hall–Kier alpha value is -0.653. The van der Waals surface area contributed by atoms with Crippen molar-refractivity contribution in [1.29, 1.82) is 0 Å². The number of hydrogen-bond acceptors (Lipinski definition) is 4. The smallest absolute Gasteiger partial charge is 0.305 e. The van der Waals surface area contributed by atoms with Gasteiger partial charge in [-0.3, -0.25) is 4.79 Å². The molecule has 0 aliphatic heterocycles. The lowest BCUT2D eigenvalue weighted by Crippen LogP contribution is -2.24. The quantitative estimate of drug-likeness (QED) is 0.259. The van der Waals surface area contributed by atoms with Crippen LogP contribution < -0.4 is 0 Å². The highest BCUT2D eigenvalue weighted by atomic mass is 28.2. The average molecular weight is 190 g/mol. The van der Waals surface area contributed by atoms with Gasteiger partial charge in [0.1, 0.15) is 16.8 Å². The molecule has 0 aliphatic carbocycles. The van der Waals surface area contributed by atoms with E-state index in [9.17, 15) is 4.79 Å². The lowest BCUT2D eigenvalue weighted by atomic mass is 10.6. The lowest BCUT2D eigenvalue weighted by molar-refractivity contribution is -0.196. The van der Waals surface area contributed by atoms with Crippen LogP contribution in [0.2, 0.25) is 0 Å². The topological polar surface area (TPSA) is 44.8 Å². The summed E-state index contributed by atoms with van der Waals surface area (Å²) in [6.07, 6.45) is 0.323. The van der Waals surface area contributed by atoms with E-state index >= 15 is 0 Å². The Morgan fingerprint density at radius 3 is 2.58 bits per heavy atom. The molecule has 0 amide bonds. The Bertz CT molecular complexity index is 159. The molecule has 0 saturated carbocycles. The molecule has 0 saturated heterocycles. The molecule has 0 aromatic rings. The zero-order valence-corrected chi connectivity index (χ0v) is 9.57. The highest BCUT2D eigenvalue weighted by molar-refractivity contribution is 5.98. The molecule has 4 nitrogen and oxygen atoms in total. The van der Waals surface area contributed by atoms with Gasteiger partial charge < -0.3 is 13.9 Å². The Labute approximate surface area is 75.0 Å². The number of esters is 1. The first-order chi connectivity index (χ1) is 5.60. The van der Waals surface area contributed by atoms with Crippen LogP contribution in [0.4, 0.5) is 0 Å². The van der Waals surface area contributed by atoms with Gasteiger partial charge in [0.2, 0.25) is 6.29 Å². The van der Waals surface area contributed by atoms with Gasteiger partial charge in [0, 0.05) is 6.92 Å². The van der Waals surface area contributed by atoms with E-state index in [1.54, 1.807) is 6.92 Å². The molecule has 0 N–H and O–H groups in total. The third kappa shape index (κ3) is 5.06. The standard InChI is InChI=1S/C7H14O4Si/c1-4-7(9-5(2)8)10-6(3)11-12/h4,6-7H,1H2,2-3,12H3. The normalized spacial score (nSPS) is 15.2. The minimum atomic E-state index is -0.716. The van der Waals surface area contributed by atoms with Crippen molar-refractivity contribution >= 4 is 16.5 Å². The second kappa shape index (κ2) is 5.93. The molecule has 2 atom stereocenters. The molecule has 0 rings (SSSR count). The molecule has 0 aliphatic rings. The molecule has 0 aromatic heterocycles. The molecule has 0 spiro atoms. The molecular weight excluding hydrogens is 176 g/mol. The van der Waals surface area contributed by atoms with Crippen molar-refractivity contribution in [1.82, 2.24) is 0 Å². The van der Waals surface area contributed by atoms with E-state index in [-0.39, 0.29) is 6.29 Å². The third-order valence-corrected chi connectivity index (χ3v) is 1.80. The SMILES string of the molecule is C=CC(OC(C)=O)OC(C)O[SiH3]. The molecule has 70 valence electrons. The highest BCUT2D eigenvalue weighted by Crippen LogP contribution is 2.01. The summed E-state index contributed by atoms with van der Waals surface area (Å²) < 4.78 is 14.8. The van der Waals surface area contributed by atoms with Crippen molar-refractivity contribution in [3.63, 3.8) is 0 Å². The van der Waals surface area contributed by atoms with Crippen LogP contribution in [0.1, 0.15) is 13.8 Å². The molecule has 12 heavy (non-hydrogen) atoms. The molecule has 2 unspecified atom stereocenters. The predicted molar refractivity (Wildman–Crippen MR) is 47.3 cm³/mol. The van der Waals surface area contributed by atoms with Crippen LogP contribution in [0, 0.1) is 0 Å². The summed E-state index contributed by atoms with van der Waals surface area (Å²) in [6, 6.07) is 0. The van der Waals surface area contributed by atoms with Crippen LogP contribution in [0.5, 0.6) is 0 Å². The van der Waals surface area contributed by atoms with E-state index in [4.69, 9.17) is 13.9 Å². The molecular formula is C7H14O4Si. The number of carbonyl (C=O) groups excluding carboxylic acids is 1. The zero-order chi connectivity index (χ0) is 9.56. The predicted octanol–water partition coefficient (Wildman–Crippen LogP) is -0.279. The van der Waals surface area contributed by atoms with E-state index < -0.39 is 12.3 Å². The fourth-order valence-corrected chi connectivity index (χ4v) is 0.651. The van der Waals surface area contributed by atoms with Gasteiger partial charge in [-0.25, -0.2) is 0 Å². The van der Waals surface area contributed by atoms with E-state index in [1.807, 2.05) is 0 Å². The summed E-state index contributed by atoms with van der Waals surface area (Å²) in [4.78, 5) is 10.5. The van der Waals surface area contributed by atoms with E-state index in [2.05, 4.69) is 6.58 Å². The van der Waals surface area contributed by atoms with Gasteiger partial charge in [-0.1, -0.05) is 6.58 Å². The van der Waals surface area contributed by atoms with Crippen LogP contribution in [0.25, 0.3) is 0 Å². The van der Waals surface area contributed by atoms with E-state index in [0.717, 1.165) is 0 Å². The number of carbonyl (C=O) groups is 1. The molecule has 0 aromatic carbocycles. The minimum absolute atomic E-state index is 0.362. The Morgan fingerprint density at radius 1 is 1.67 bits per heavy atom. The molecule has 0 heterocycles. The molecule has 0 radical (unpaired) electrons. The first-order valence-corrected chi connectivity index (χ1v) is 4.39. The van der Waals surface area contributed by atoms with Gasteiger partial charge in [-0.15, -0.1) is 0 Å². The first kappa shape index (κ1) is 11.3. The lowest BCUT2D eigenvalue weighted by Gasteiger charge is -2.18. The van der Waals surface area contributed by atoms with Crippen molar-refractivity contribution in [2.75, 3.05) is 0 Å². The highest BCUT2D eigenvalue weighted by Gasteiger charge is 2.10. The third-order valence-electron chi connectivity index (χ3n) is 1.13. The zero-order valence-electron chi connectivity index (χ0n) is 7.57. The number of rotatable bonds is 5. The monoisotopic (exact) mass is 190 g/mol. The van der Waals surface area contributed by atoms with Crippen LogP contribution in [0.15, 0.2) is 12.7 Å². The summed E-state index contributed by atoms with van der Waals surface area (Å²) >= 11 is 0. The van der Waals surface area contributed by atoms with Crippen molar-refractivity contribution in [3.8, 4) is 0 Å². The fraction of sp³-hybridized carbons (Fsp3) is 0.571. The van der Waals surface area contributed by atoms with Crippen molar-refractivity contribution in [2.45, 2.75) is 26.4 Å². The summed E-state index contributed by atoms with van der Waals surface area (Å²) in [5, 5.41) is 0. The maximum absolute atomic E-state index is 10.5. The van der Waals surface area contributed by atoms with Crippen LogP contribution in [-0.4, -0.2) is 29.0 Å². The Kier molecular flexibility index (Phi) is 5.61. The summed E-state index contributed by atoms with van der Waals surface area (Å²) in [7, 11) is 0.580. The summed E-state index contributed by atoms with van der Waals surface area (Å²) in [5.74, 6) is -0.402. The van der Waals surface area contributed by atoms with E-state index in [1.165, 1.54) is 13.0 Å². The fourth-order valence-electron chi connectivity index (χ4n) is 0.539. The molecule has 5 heteroatoms. The van der Waals surface area contributed by atoms with Crippen LogP contribution >= 0.6 is 0 Å². The Morgan fingerprint density at radius 2 is 2.25 bits per heavy atom. The van der Waals surface area contributed by atoms with Gasteiger partial charge in [0.15, 0.2) is 0 Å². The maximum Gasteiger partial charge on any atom is 0.305 e. The largest absolute Gasteiger partial charge is 0.432 e. The minimum Gasteiger partial charge on any atom is -0.432 e.